The van der Waals surface area contributed by atoms with Crippen molar-refractivity contribution < 1.29 is 19.0 Å². The summed E-state index contributed by atoms with van der Waals surface area (Å²) in [6.07, 6.45) is 0.172. The minimum atomic E-state index is -0.157. The number of benzene rings is 2. The van der Waals surface area contributed by atoms with E-state index in [9.17, 15) is 4.79 Å². The van der Waals surface area contributed by atoms with Gasteiger partial charge in [-0.15, -0.1) is 0 Å². The number of anilines is 1. The predicted molar refractivity (Wildman–Crippen MR) is 103 cm³/mol. The summed E-state index contributed by atoms with van der Waals surface area (Å²) in [5.41, 5.74) is 2.80. The Hall–Kier alpha value is -2.80. The highest BCUT2D eigenvalue weighted by atomic mass is 32.1. The molecule has 0 aliphatic heterocycles. The average molecular weight is 372 g/mol. The van der Waals surface area contributed by atoms with Crippen LogP contribution in [0.1, 0.15) is 11.1 Å². The van der Waals surface area contributed by atoms with E-state index in [1.54, 1.807) is 33.5 Å². The molecule has 26 heavy (non-hydrogen) atoms. The molecule has 0 spiro atoms. The molecular weight excluding hydrogens is 352 g/mol. The lowest BCUT2D eigenvalue weighted by molar-refractivity contribution is -0.115. The number of fused-ring (bicyclic) bond motifs is 1. The maximum Gasteiger partial charge on any atom is 0.230 e. The van der Waals surface area contributed by atoms with Crippen molar-refractivity contribution in [3.05, 3.63) is 41.5 Å². The molecule has 7 heteroatoms. The molecule has 0 bridgehead atoms. The number of carbonyl (C=O) groups is 1. The fourth-order valence-electron chi connectivity index (χ4n) is 2.67. The number of rotatable bonds is 6. The Morgan fingerprint density at radius 3 is 2.38 bits per heavy atom. The number of aryl methyl sites for hydroxylation is 1. The first-order valence-corrected chi connectivity index (χ1v) is 8.81. The van der Waals surface area contributed by atoms with Gasteiger partial charge in [0.05, 0.1) is 38.0 Å². The highest BCUT2D eigenvalue weighted by Gasteiger charge is 2.15. The predicted octanol–water partition coefficient (Wildman–Crippen LogP) is 3.81. The highest BCUT2D eigenvalue weighted by molar-refractivity contribution is 7.22. The maximum atomic E-state index is 12.4. The summed E-state index contributed by atoms with van der Waals surface area (Å²) in [6.45, 7) is 2.03. The van der Waals surface area contributed by atoms with Crippen LogP contribution in [-0.2, 0) is 11.2 Å². The van der Waals surface area contributed by atoms with Gasteiger partial charge in [-0.3, -0.25) is 4.79 Å². The minimum absolute atomic E-state index is 0.157. The third kappa shape index (κ3) is 3.72. The zero-order chi connectivity index (χ0) is 18.7. The molecule has 1 aromatic heterocycles. The van der Waals surface area contributed by atoms with Crippen LogP contribution in [-0.4, -0.2) is 32.2 Å². The molecule has 0 aliphatic rings. The monoisotopic (exact) mass is 372 g/mol. The summed E-state index contributed by atoms with van der Waals surface area (Å²) >= 11 is 1.46. The molecular formula is C19H20N2O4S. The molecule has 0 aliphatic carbocycles. The summed E-state index contributed by atoms with van der Waals surface area (Å²) in [7, 11) is 4.64. The molecule has 0 fully saturated rings. The zero-order valence-electron chi connectivity index (χ0n) is 15.1. The molecule has 3 rings (SSSR count). The number of aromatic nitrogens is 1. The van der Waals surface area contributed by atoms with E-state index < -0.39 is 0 Å². The third-order valence-corrected chi connectivity index (χ3v) is 4.81. The van der Waals surface area contributed by atoms with E-state index in [2.05, 4.69) is 16.4 Å². The molecule has 136 valence electrons. The van der Waals surface area contributed by atoms with Gasteiger partial charge < -0.3 is 19.5 Å². The summed E-state index contributed by atoms with van der Waals surface area (Å²) in [6, 6.07) is 9.55. The molecule has 1 amide bonds. The van der Waals surface area contributed by atoms with Gasteiger partial charge in [-0.25, -0.2) is 4.98 Å². The van der Waals surface area contributed by atoms with E-state index in [0.717, 1.165) is 21.3 Å². The normalized spacial score (nSPS) is 10.6. The van der Waals surface area contributed by atoms with Crippen LogP contribution in [0.25, 0.3) is 10.2 Å². The number of nitrogens with zero attached hydrogens (tertiary/aromatic N) is 1. The van der Waals surface area contributed by atoms with E-state index in [4.69, 9.17) is 14.2 Å². The molecule has 0 saturated carbocycles. The van der Waals surface area contributed by atoms with Gasteiger partial charge in [-0.1, -0.05) is 17.4 Å². The summed E-state index contributed by atoms with van der Waals surface area (Å²) < 4.78 is 17.0. The number of thiazole rings is 1. The van der Waals surface area contributed by atoms with Gasteiger partial charge >= 0.3 is 0 Å². The van der Waals surface area contributed by atoms with Crippen LogP contribution in [0.15, 0.2) is 30.3 Å². The zero-order valence-corrected chi connectivity index (χ0v) is 15.9. The molecule has 3 aromatic rings. The number of nitrogens with one attached hydrogen (secondary N) is 1. The molecule has 1 N–H and O–H groups in total. The van der Waals surface area contributed by atoms with E-state index in [1.807, 2.05) is 19.1 Å². The van der Waals surface area contributed by atoms with Crippen molar-refractivity contribution >= 4 is 32.6 Å². The van der Waals surface area contributed by atoms with Crippen LogP contribution in [0.5, 0.6) is 17.2 Å². The van der Waals surface area contributed by atoms with Gasteiger partial charge in [0.25, 0.3) is 0 Å². The molecule has 0 saturated heterocycles. The Morgan fingerprint density at radius 2 is 1.77 bits per heavy atom. The van der Waals surface area contributed by atoms with Gasteiger partial charge in [0.2, 0.25) is 11.7 Å². The van der Waals surface area contributed by atoms with Crippen LogP contribution < -0.4 is 19.5 Å². The number of methoxy groups -OCH3 is 3. The third-order valence-electron chi connectivity index (χ3n) is 3.88. The largest absolute Gasteiger partial charge is 0.493 e. The highest BCUT2D eigenvalue weighted by Crippen LogP contribution is 2.38. The van der Waals surface area contributed by atoms with Gasteiger partial charge in [0.15, 0.2) is 16.6 Å². The van der Waals surface area contributed by atoms with E-state index in [-0.39, 0.29) is 12.3 Å². The van der Waals surface area contributed by atoms with Crippen molar-refractivity contribution in [3.8, 4) is 17.2 Å². The van der Waals surface area contributed by atoms with E-state index in [0.29, 0.717) is 22.4 Å². The first-order valence-electron chi connectivity index (χ1n) is 8.00. The second-order valence-corrected chi connectivity index (χ2v) is 6.78. The maximum absolute atomic E-state index is 12.4. The Morgan fingerprint density at radius 1 is 1.08 bits per heavy atom. The standard InChI is InChI=1S/C19H20N2O4S/c1-11-5-6-13-16(7-11)26-19(20-13)21-17(22)10-12-8-14(23-2)18(25-4)15(9-12)24-3/h5-9H,10H2,1-4H3,(H,20,21,22). The lowest BCUT2D eigenvalue weighted by Crippen LogP contribution is -2.14. The van der Waals surface area contributed by atoms with Crippen molar-refractivity contribution in [1.29, 1.82) is 0 Å². The van der Waals surface area contributed by atoms with E-state index >= 15 is 0 Å². The van der Waals surface area contributed by atoms with E-state index in [1.165, 1.54) is 11.3 Å². The average Bonchev–Trinajstić information content (AvgIpc) is 3.01. The van der Waals surface area contributed by atoms with Crippen molar-refractivity contribution in [1.82, 2.24) is 4.98 Å². The summed E-state index contributed by atoms with van der Waals surface area (Å²) in [5.74, 6) is 1.38. The van der Waals surface area contributed by atoms with Crippen LogP contribution in [0.3, 0.4) is 0 Å². The van der Waals surface area contributed by atoms with Crippen molar-refractivity contribution in [3.63, 3.8) is 0 Å². The number of ether oxygens (including phenoxy) is 3. The second-order valence-electron chi connectivity index (χ2n) is 5.75. The first kappa shape index (κ1) is 18.0. The molecule has 1 heterocycles. The van der Waals surface area contributed by atoms with Gasteiger partial charge in [-0.2, -0.15) is 0 Å². The quantitative estimate of drug-likeness (QED) is 0.712. The topological polar surface area (TPSA) is 69.7 Å². The Bertz CT molecular complexity index is 927. The van der Waals surface area contributed by atoms with Gasteiger partial charge in [-0.05, 0) is 42.3 Å². The number of hydrogen-bond donors (Lipinski definition) is 1. The Labute approximate surface area is 155 Å². The smallest absolute Gasteiger partial charge is 0.230 e. The Balaban J connectivity index is 1.78. The molecule has 0 atom stereocenters. The fraction of sp³-hybridized carbons (Fsp3) is 0.263. The van der Waals surface area contributed by atoms with Gasteiger partial charge in [0, 0.05) is 0 Å². The van der Waals surface area contributed by atoms with Crippen LogP contribution in [0.2, 0.25) is 0 Å². The van der Waals surface area contributed by atoms with Gasteiger partial charge in [0.1, 0.15) is 0 Å². The van der Waals surface area contributed by atoms with Crippen molar-refractivity contribution in [2.75, 3.05) is 26.6 Å². The lowest BCUT2D eigenvalue weighted by atomic mass is 10.1. The minimum Gasteiger partial charge on any atom is -0.493 e. The molecule has 0 unspecified atom stereocenters. The molecule has 6 nitrogen and oxygen atoms in total. The van der Waals surface area contributed by atoms with Crippen LogP contribution >= 0.6 is 11.3 Å². The Kier molecular flexibility index (Phi) is 5.27. The number of hydrogen-bond acceptors (Lipinski definition) is 6. The number of carbonyl (C=O) groups excluding carboxylic acids is 1. The first-order chi connectivity index (χ1) is 12.5. The lowest BCUT2D eigenvalue weighted by Gasteiger charge is -2.13. The number of amides is 1. The van der Waals surface area contributed by atoms with Crippen LogP contribution in [0.4, 0.5) is 5.13 Å². The van der Waals surface area contributed by atoms with Crippen LogP contribution in [0, 0.1) is 6.92 Å². The summed E-state index contributed by atoms with van der Waals surface area (Å²) in [5, 5.41) is 3.44. The second kappa shape index (κ2) is 7.61. The molecule has 0 radical (unpaired) electrons. The molecule has 2 aromatic carbocycles. The van der Waals surface area contributed by atoms with Crippen molar-refractivity contribution in [2.45, 2.75) is 13.3 Å². The summed E-state index contributed by atoms with van der Waals surface area (Å²) in [4.78, 5) is 16.9. The SMILES string of the molecule is COc1cc(CC(=O)Nc2nc3ccc(C)cc3s2)cc(OC)c1OC. The fourth-order valence-corrected chi connectivity index (χ4v) is 3.65. The van der Waals surface area contributed by atoms with Crippen molar-refractivity contribution in [2.24, 2.45) is 0 Å².